The van der Waals surface area contributed by atoms with Crippen molar-refractivity contribution in [3.8, 4) is 0 Å². The molecule has 0 aliphatic carbocycles. The molecule has 0 spiro atoms. The second-order valence-corrected chi connectivity index (χ2v) is 2.98. The van der Waals surface area contributed by atoms with Gasteiger partial charge in [-0.1, -0.05) is 11.6 Å². The van der Waals surface area contributed by atoms with Crippen molar-refractivity contribution in [1.82, 2.24) is 0 Å². The Hall–Kier alpha value is -1.62. The van der Waals surface area contributed by atoms with Gasteiger partial charge in [-0.2, -0.15) is 0 Å². The zero-order valence-electron chi connectivity index (χ0n) is 7.71. The number of carbonyl (C=O) groups is 2. The summed E-state index contributed by atoms with van der Waals surface area (Å²) >= 11 is 5.65. The number of hydrogen-bond acceptors (Lipinski definition) is 3. The molecule has 80 valence electrons. The van der Waals surface area contributed by atoms with Gasteiger partial charge >= 0.3 is 11.9 Å². The van der Waals surface area contributed by atoms with Gasteiger partial charge in [0.15, 0.2) is 0 Å². The number of rotatable bonds is 1. The lowest BCUT2D eigenvalue weighted by Gasteiger charge is -2.05. The van der Waals surface area contributed by atoms with Gasteiger partial charge < -0.3 is 10.1 Å². The Morgan fingerprint density at radius 2 is 2.13 bits per heavy atom. The highest BCUT2D eigenvalue weighted by molar-refractivity contribution is 6.39. The number of nitrogens with one attached hydrogen (secondary N) is 1. The molecule has 0 aliphatic rings. The second kappa shape index (κ2) is 4.75. The third-order valence-corrected chi connectivity index (χ3v) is 1.88. The molecule has 0 fully saturated rings. The van der Waals surface area contributed by atoms with Crippen molar-refractivity contribution >= 4 is 29.2 Å². The number of ether oxygens (including phenoxy) is 1. The van der Waals surface area contributed by atoms with E-state index in [0.29, 0.717) is 0 Å². The van der Waals surface area contributed by atoms with Crippen LogP contribution in [0.2, 0.25) is 5.02 Å². The molecule has 1 amide bonds. The van der Waals surface area contributed by atoms with E-state index < -0.39 is 17.7 Å². The van der Waals surface area contributed by atoms with E-state index in [1.165, 1.54) is 6.07 Å². The van der Waals surface area contributed by atoms with Gasteiger partial charge in [0.25, 0.3) is 0 Å². The molecule has 0 heterocycles. The predicted molar refractivity (Wildman–Crippen MR) is 52.1 cm³/mol. The fraction of sp³-hybridized carbons (Fsp3) is 0.111. The minimum Gasteiger partial charge on any atom is -0.462 e. The monoisotopic (exact) mass is 231 g/mol. The fourth-order valence-electron chi connectivity index (χ4n) is 0.859. The molecule has 15 heavy (non-hydrogen) atoms. The Balaban J connectivity index is 2.85. The highest BCUT2D eigenvalue weighted by Gasteiger charge is 2.15. The van der Waals surface area contributed by atoms with Crippen LogP contribution in [0.5, 0.6) is 0 Å². The minimum atomic E-state index is -1.07. The molecular formula is C9H7ClFNO3. The van der Waals surface area contributed by atoms with Gasteiger partial charge in [0.2, 0.25) is 0 Å². The summed E-state index contributed by atoms with van der Waals surface area (Å²) in [4.78, 5) is 21.8. The zero-order valence-corrected chi connectivity index (χ0v) is 8.47. The maximum atomic E-state index is 12.8. The van der Waals surface area contributed by atoms with Crippen LogP contribution in [0.3, 0.4) is 0 Å². The topological polar surface area (TPSA) is 55.4 Å². The number of anilines is 1. The summed E-state index contributed by atoms with van der Waals surface area (Å²) in [6.07, 6.45) is 0. The standard InChI is InChI=1S/C9H7ClFNO3/c1-15-9(14)8(13)12-7-4-5(11)2-3-6(7)10/h2-4H,1H3,(H,12,13). The van der Waals surface area contributed by atoms with Gasteiger partial charge in [-0.3, -0.25) is 4.79 Å². The van der Waals surface area contributed by atoms with Crippen molar-refractivity contribution in [2.24, 2.45) is 0 Å². The number of methoxy groups -OCH3 is 1. The summed E-state index contributed by atoms with van der Waals surface area (Å²) in [5.74, 6) is -2.65. The SMILES string of the molecule is COC(=O)C(=O)Nc1cc(F)ccc1Cl. The highest BCUT2D eigenvalue weighted by atomic mass is 35.5. The summed E-state index contributed by atoms with van der Waals surface area (Å²) in [6, 6.07) is 3.41. The van der Waals surface area contributed by atoms with Gasteiger partial charge in [0.05, 0.1) is 17.8 Å². The van der Waals surface area contributed by atoms with Crippen LogP contribution in [0.1, 0.15) is 0 Å². The highest BCUT2D eigenvalue weighted by Crippen LogP contribution is 2.22. The quantitative estimate of drug-likeness (QED) is 0.590. The number of hydrogen-bond donors (Lipinski definition) is 1. The average Bonchev–Trinajstić information content (AvgIpc) is 2.22. The van der Waals surface area contributed by atoms with Crippen molar-refractivity contribution in [3.05, 3.63) is 29.0 Å². The maximum Gasteiger partial charge on any atom is 0.396 e. The third-order valence-electron chi connectivity index (χ3n) is 1.55. The first kappa shape index (κ1) is 11.5. The molecule has 0 saturated carbocycles. The van der Waals surface area contributed by atoms with Crippen LogP contribution in [0.25, 0.3) is 0 Å². The first-order valence-corrected chi connectivity index (χ1v) is 4.26. The lowest BCUT2D eigenvalue weighted by molar-refractivity contribution is -0.150. The molecule has 0 aromatic heterocycles. The van der Waals surface area contributed by atoms with E-state index in [0.717, 1.165) is 19.2 Å². The van der Waals surface area contributed by atoms with E-state index in [9.17, 15) is 14.0 Å². The molecular weight excluding hydrogens is 225 g/mol. The largest absolute Gasteiger partial charge is 0.462 e. The Bertz CT molecular complexity index is 408. The third kappa shape index (κ3) is 2.92. The van der Waals surface area contributed by atoms with Crippen molar-refractivity contribution in [3.63, 3.8) is 0 Å². The van der Waals surface area contributed by atoms with Crippen LogP contribution in [-0.4, -0.2) is 19.0 Å². The van der Waals surface area contributed by atoms with Crippen molar-refractivity contribution in [2.75, 3.05) is 12.4 Å². The van der Waals surface area contributed by atoms with Crippen molar-refractivity contribution in [1.29, 1.82) is 0 Å². The van der Waals surface area contributed by atoms with Crippen molar-refractivity contribution in [2.45, 2.75) is 0 Å². The number of benzene rings is 1. The van der Waals surface area contributed by atoms with Crippen LogP contribution in [-0.2, 0) is 14.3 Å². The van der Waals surface area contributed by atoms with Crippen LogP contribution >= 0.6 is 11.6 Å². The van der Waals surface area contributed by atoms with E-state index in [4.69, 9.17) is 11.6 Å². The summed E-state index contributed by atoms with van der Waals surface area (Å²) in [5, 5.41) is 2.25. The molecule has 1 rings (SSSR count). The van der Waals surface area contributed by atoms with Gasteiger partial charge in [0.1, 0.15) is 5.82 Å². The van der Waals surface area contributed by atoms with Crippen LogP contribution in [0.15, 0.2) is 18.2 Å². The summed E-state index contributed by atoms with van der Waals surface area (Å²) in [5.41, 5.74) is 0.0204. The number of amides is 1. The molecule has 1 aromatic rings. The van der Waals surface area contributed by atoms with Crippen molar-refractivity contribution < 1.29 is 18.7 Å². The molecule has 1 N–H and O–H groups in total. The number of halogens is 2. The Morgan fingerprint density at radius 3 is 2.73 bits per heavy atom. The molecule has 0 bridgehead atoms. The molecule has 4 nitrogen and oxygen atoms in total. The maximum absolute atomic E-state index is 12.8. The first-order chi connectivity index (χ1) is 7.04. The van der Waals surface area contributed by atoms with E-state index >= 15 is 0 Å². The Labute approximate surface area is 90.0 Å². The van der Waals surface area contributed by atoms with Gasteiger partial charge in [-0.15, -0.1) is 0 Å². The van der Waals surface area contributed by atoms with Crippen LogP contribution in [0.4, 0.5) is 10.1 Å². The van der Waals surface area contributed by atoms with Gasteiger partial charge in [-0.25, -0.2) is 9.18 Å². The van der Waals surface area contributed by atoms with E-state index in [1.807, 2.05) is 0 Å². The zero-order chi connectivity index (χ0) is 11.4. The average molecular weight is 232 g/mol. The van der Waals surface area contributed by atoms with Crippen LogP contribution < -0.4 is 5.32 Å². The first-order valence-electron chi connectivity index (χ1n) is 3.89. The smallest absolute Gasteiger partial charge is 0.396 e. The van der Waals surface area contributed by atoms with Gasteiger partial charge in [0, 0.05) is 0 Å². The summed E-state index contributed by atoms with van der Waals surface area (Å²) in [6.45, 7) is 0. The van der Waals surface area contributed by atoms with Gasteiger partial charge in [-0.05, 0) is 18.2 Å². The molecule has 6 heteroatoms. The lowest BCUT2D eigenvalue weighted by Crippen LogP contribution is -2.24. The molecule has 0 saturated heterocycles. The lowest BCUT2D eigenvalue weighted by atomic mass is 10.3. The Kier molecular flexibility index (Phi) is 3.62. The summed E-state index contributed by atoms with van der Waals surface area (Å²) in [7, 11) is 1.06. The number of esters is 1. The summed E-state index contributed by atoms with van der Waals surface area (Å²) < 4.78 is 16.9. The molecule has 1 aromatic carbocycles. The fourth-order valence-corrected chi connectivity index (χ4v) is 1.02. The van der Waals surface area contributed by atoms with E-state index in [1.54, 1.807) is 0 Å². The normalized spacial score (nSPS) is 9.53. The molecule has 0 radical (unpaired) electrons. The molecule has 0 unspecified atom stereocenters. The van der Waals surface area contributed by atoms with E-state index in [2.05, 4.69) is 10.1 Å². The molecule has 0 aliphatic heterocycles. The number of carbonyl (C=O) groups excluding carboxylic acids is 2. The minimum absolute atomic E-state index is 0.0204. The van der Waals surface area contributed by atoms with E-state index in [-0.39, 0.29) is 10.7 Å². The Morgan fingerprint density at radius 1 is 1.47 bits per heavy atom. The molecule has 0 atom stereocenters. The van der Waals surface area contributed by atoms with Crippen LogP contribution in [0, 0.1) is 5.82 Å². The predicted octanol–water partition coefficient (Wildman–Crippen LogP) is 1.59. The second-order valence-electron chi connectivity index (χ2n) is 2.57.